The summed E-state index contributed by atoms with van der Waals surface area (Å²) in [6, 6.07) is 6.84. The van der Waals surface area contributed by atoms with Gasteiger partial charge in [-0.3, -0.25) is 9.59 Å². The number of benzene rings is 1. The van der Waals surface area contributed by atoms with E-state index in [1.807, 2.05) is 13.8 Å². The lowest BCUT2D eigenvalue weighted by molar-refractivity contribution is -0.142. The highest BCUT2D eigenvalue weighted by Crippen LogP contribution is 2.26. The number of para-hydroxylation sites is 1. The minimum atomic E-state index is -0.344. The third kappa shape index (κ3) is 4.93. The Hall–Kier alpha value is -2.12. The van der Waals surface area contributed by atoms with Gasteiger partial charge in [0.15, 0.2) is 0 Å². The van der Waals surface area contributed by atoms with Gasteiger partial charge in [0.1, 0.15) is 11.9 Å². The molecule has 0 spiro atoms. The van der Waals surface area contributed by atoms with E-state index in [2.05, 4.69) is 10.6 Å². The molecule has 1 saturated carbocycles. The third-order valence-corrected chi connectivity index (χ3v) is 4.09. The van der Waals surface area contributed by atoms with E-state index in [4.69, 9.17) is 14.2 Å². The van der Waals surface area contributed by atoms with Gasteiger partial charge in [-0.2, -0.15) is 0 Å². The van der Waals surface area contributed by atoms with E-state index < -0.39 is 0 Å². The molecule has 2 amide bonds. The molecule has 7 nitrogen and oxygen atoms in total. The first-order valence-corrected chi connectivity index (χ1v) is 8.54. The number of rotatable bonds is 9. The van der Waals surface area contributed by atoms with Gasteiger partial charge < -0.3 is 24.8 Å². The number of hydrogen-bond donors (Lipinski definition) is 2. The van der Waals surface area contributed by atoms with Gasteiger partial charge in [0.2, 0.25) is 5.91 Å². The second-order valence-electron chi connectivity index (χ2n) is 5.72. The Morgan fingerprint density at radius 3 is 2.64 bits per heavy atom. The average Bonchev–Trinajstić information content (AvgIpc) is 2.59. The van der Waals surface area contributed by atoms with E-state index in [0.717, 1.165) is 0 Å². The zero-order valence-electron chi connectivity index (χ0n) is 14.9. The molecule has 1 aliphatic carbocycles. The summed E-state index contributed by atoms with van der Waals surface area (Å²) >= 11 is 0. The summed E-state index contributed by atoms with van der Waals surface area (Å²) in [5.41, 5.74) is 0.409. The summed E-state index contributed by atoms with van der Waals surface area (Å²) in [7, 11) is 1.60. The van der Waals surface area contributed by atoms with Gasteiger partial charge in [0.05, 0.1) is 30.9 Å². The molecule has 1 aromatic carbocycles. The molecule has 0 aliphatic heterocycles. The van der Waals surface area contributed by atoms with E-state index >= 15 is 0 Å². The van der Waals surface area contributed by atoms with Crippen molar-refractivity contribution in [1.29, 1.82) is 0 Å². The van der Waals surface area contributed by atoms with Crippen LogP contribution in [0.15, 0.2) is 24.3 Å². The quantitative estimate of drug-likeness (QED) is 0.697. The van der Waals surface area contributed by atoms with Crippen molar-refractivity contribution >= 4 is 11.8 Å². The summed E-state index contributed by atoms with van der Waals surface area (Å²) in [6.07, 6.45) is 0.561. The minimum absolute atomic E-state index is 0.00737. The molecular formula is C18H26N2O5. The van der Waals surface area contributed by atoms with Gasteiger partial charge in [-0.05, 0) is 32.4 Å². The summed E-state index contributed by atoms with van der Waals surface area (Å²) in [5.74, 6) is -0.103. The Bertz CT molecular complexity index is 593. The number of methoxy groups -OCH3 is 1. The number of ether oxygens (including phenoxy) is 3. The van der Waals surface area contributed by atoms with E-state index in [1.165, 1.54) is 0 Å². The molecule has 1 aromatic rings. The minimum Gasteiger partial charge on any atom is -0.493 e. The maximum absolute atomic E-state index is 12.3. The van der Waals surface area contributed by atoms with Crippen molar-refractivity contribution < 1.29 is 23.8 Å². The van der Waals surface area contributed by atoms with Crippen LogP contribution in [0.3, 0.4) is 0 Å². The van der Waals surface area contributed by atoms with E-state index in [0.29, 0.717) is 30.9 Å². The average molecular weight is 350 g/mol. The summed E-state index contributed by atoms with van der Waals surface area (Å²) in [6.45, 7) is 4.74. The summed E-state index contributed by atoms with van der Waals surface area (Å²) in [5, 5.41) is 5.48. The van der Waals surface area contributed by atoms with Gasteiger partial charge in [-0.25, -0.2) is 0 Å². The van der Waals surface area contributed by atoms with E-state index in [1.54, 1.807) is 31.4 Å². The van der Waals surface area contributed by atoms with Crippen LogP contribution in [0.5, 0.6) is 5.75 Å². The number of carbonyl (C=O) groups excluding carboxylic acids is 2. The third-order valence-electron chi connectivity index (χ3n) is 4.09. The molecule has 0 bridgehead atoms. The molecule has 0 radical (unpaired) electrons. The Morgan fingerprint density at radius 2 is 1.96 bits per heavy atom. The van der Waals surface area contributed by atoms with Crippen molar-refractivity contribution in [3.05, 3.63) is 29.8 Å². The van der Waals surface area contributed by atoms with Crippen LogP contribution in [0, 0.1) is 0 Å². The molecule has 0 heterocycles. The SMILES string of the molecule is CCOc1ccccc1C(=O)NCC(=O)N[C@@H]1C[C@H](OCC)[C@@H]1OC. The van der Waals surface area contributed by atoms with Crippen LogP contribution in [0.2, 0.25) is 0 Å². The first-order valence-electron chi connectivity index (χ1n) is 8.54. The Balaban J connectivity index is 1.81. The number of carbonyl (C=O) groups is 2. The highest BCUT2D eigenvalue weighted by Gasteiger charge is 2.42. The highest BCUT2D eigenvalue weighted by molar-refractivity contribution is 5.98. The number of hydrogen-bond acceptors (Lipinski definition) is 5. The normalized spacial score (nSPS) is 22.0. The fourth-order valence-corrected chi connectivity index (χ4v) is 2.87. The van der Waals surface area contributed by atoms with Crippen LogP contribution >= 0.6 is 0 Å². The summed E-state index contributed by atoms with van der Waals surface area (Å²) < 4.78 is 16.3. The van der Waals surface area contributed by atoms with Gasteiger partial charge in [0.25, 0.3) is 5.91 Å². The van der Waals surface area contributed by atoms with E-state index in [9.17, 15) is 9.59 Å². The van der Waals surface area contributed by atoms with Crippen molar-refractivity contribution in [2.24, 2.45) is 0 Å². The lowest BCUT2D eigenvalue weighted by Crippen LogP contribution is -2.61. The predicted octanol–water partition coefficient (Wildman–Crippen LogP) is 1.12. The van der Waals surface area contributed by atoms with Crippen LogP contribution in [0.25, 0.3) is 0 Å². The van der Waals surface area contributed by atoms with Gasteiger partial charge >= 0.3 is 0 Å². The molecule has 1 aliphatic rings. The van der Waals surface area contributed by atoms with Gasteiger partial charge in [-0.15, -0.1) is 0 Å². The van der Waals surface area contributed by atoms with Gasteiger partial charge in [0, 0.05) is 13.7 Å². The zero-order valence-corrected chi connectivity index (χ0v) is 14.9. The molecule has 1 fully saturated rings. The monoisotopic (exact) mass is 350 g/mol. The van der Waals surface area contributed by atoms with Crippen LogP contribution in [0.4, 0.5) is 0 Å². The fraction of sp³-hybridized carbons (Fsp3) is 0.556. The molecular weight excluding hydrogens is 324 g/mol. The topological polar surface area (TPSA) is 85.9 Å². The largest absolute Gasteiger partial charge is 0.493 e. The molecule has 2 rings (SSSR count). The smallest absolute Gasteiger partial charge is 0.255 e. The molecule has 2 N–H and O–H groups in total. The van der Waals surface area contributed by atoms with Crippen molar-refractivity contribution in [1.82, 2.24) is 10.6 Å². The standard InChI is InChI=1S/C18H26N2O5/c1-4-24-14-9-7-6-8-12(14)18(22)19-11-16(21)20-13-10-15(25-5-2)17(13)23-3/h6-9,13,15,17H,4-5,10-11H2,1-3H3,(H,19,22)(H,20,21)/t13-,15+,17-/m1/s1. The second-order valence-corrected chi connectivity index (χ2v) is 5.72. The lowest BCUT2D eigenvalue weighted by atomic mass is 9.85. The fourth-order valence-electron chi connectivity index (χ4n) is 2.87. The second kappa shape index (κ2) is 9.39. The Morgan fingerprint density at radius 1 is 1.20 bits per heavy atom. The first-order chi connectivity index (χ1) is 12.1. The van der Waals surface area contributed by atoms with Crippen LogP contribution in [-0.4, -0.2) is 56.9 Å². The van der Waals surface area contributed by atoms with Crippen LogP contribution in [0.1, 0.15) is 30.6 Å². The zero-order chi connectivity index (χ0) is 18.2. The Labute approximate surface area is 148 Å². The van der Waals surface area contributed by atoms with Crippen molar-refractivity contribution in [3.8, 4) is 5.75 Å². The maximum atomic E-state index is 12.3. The van der Waals surface area contributed by atoms with Gasteiger partial charge in [-0.1, -0.05) is 12.1 Å². The maximum Gasteiger partial charge on any atom is 0.255 e. The van der Waals surface area contributed by atoms with Crippen LogP contribution in [-0.2, 0) is 14.3 Å². The Kier molecular flexibility index (Phi) is 7.21. The van der Waals surface area contributed by atoms with Crippen molar-refractivity contribution in [2.75, 3.05) is 26.9 Å². The molecule has 25 heavy (non-hydrogen) atoms. The first kappa shape index (κ1) is 19.2. The van der Waals surface area contributed by atoms with Crippen LogP contribution < -0.4 is 15.4 Å². The van der Waals surface area contributed by atoms with E-state index in [-0.39, 0.29) is 36.6 Å². The molecule has 7 heteroatoms. The number of nitrogens with one attached hydrogen (secondary N) is 2. The van der Waals surface area contributed by atoms with Crippen molar-refractivity contribution in [2.45, 2.75) is 38.5 Å². The molecule has 3 atom stereocenters. The predicted molar refractivity (Wildman–Crippen MR) is 92.7 cm³/mol. The molecule has 0 unspecified atom stereocenters. The lowest BCUT2D eigenvalue weighted by Gasteiger charge is -2.43. The number of amides is 2. The highest BCUT2D eigenvalue weighted by atomic mass is 16.5. The van der Waals surface area contributed by atoms with Crippen molar-refractivity contribution in [3.63, 3.8) is 0 Å². The summed E-state index contributed by atoms with van der Waals surface area (Å²) in [4.78, 5) is 24.3. The molecule has 0 aromatic heterocycles. The molecule has 138 valence electrons. The molecule has 0 saturated heterocycles.